The van der Waals surface area contributed by atoms with Crippen molar-refractivity contribution in [1.29, 1.82) is 0 Å². The number of aromatic nitrogens is 3. The summed E-state index contributed by atoms with van der Waals surface area (Å²) in [6, 6.07) is 1.06. The largest absolute Gasteiger partial charge is 0.334 e. The van der Waals surface area contributed by atoms with E-state index in [1.165, 1.54) is 42.7 Å². The summed E-state index contributed by atoms with van der Waals surface area (Å²) in [5, 5.41) is 2.62. The summed E-state index contributed by atoms with van der Waals surface area (Å²) in [5.74, 6) is 8.59. The molecule has 2 aromatic heterocycles. The zero-order valence-electron chi connectivity index (χ0n) is 20.4. The number of hydrogen-bond donors (Lipinski definition) is 1. The number of rotatable bonds is 7. The van der Waals surface area contributed by atoms with Crippen LogP contribution in [0.4, 0.5) is 0 Å². The summed E-state index contributed by atoms with van der Waals surface area (Å²) in [4.78, 5) is 10.8. The van der Waals surface area contributed by atoms with Crippen molar-refractivity contribution in [2.24, 2.45) is 11.3 Å². The van der Waals surface area contributed by atoms with E-state index >= 15 is 0 Å². The lowest BCUT2D eigenvalue weighted by molar-refractivity contribution is 0.310. The molecule has 0 spiro atoms. The Balaban J connectivity index is 1.57. The van der Waals surface area contributed by atoms with Gasteiger partial charge in [0.25, 0.3) is 0 Å². The van der Waals surface area contributed by atoms with Gasteiger partial charge in [-0.2, -0.15) is 0 Å². The van der Waals surface area contributed by atoms with E-state index < -0.39 is 0 Å². The SMILES string of the molecule is CCCC#Cc1c(-c2ncc(SN[C@@H](C)C3CC3)cn2)n(C2CCC2)c2c1=CCC(C)(C)C=2. The van der Waals surface area contributed by atoms with Crippen LogP contribution in [0.2, 0.25) is 0 Å². The van der Waals surface area contributed by atoms with Gasteiger partial charge in [0.15, 0.2) is 5.82 Å². The molecule has 0 aliphatic heterocycles. The Morgan fingerprint density at radius 1 is 1.21 bits per heavy atom. The van der Waals surface area contributed by atoms with Gasteiger partial charge < -0.3 is 4.57 Å². The maximum Gasteiger partial charge on any atom is 0.177 e. The van der Waals surface area contributed by atoms with Gasteiger partial charge in [0.2, 0.25) is 0 Å². The molecular formula is C28H36N4S. The standard InChI is InChI=1S/C28H36N4S/c1-5-6-7-11-24-23-14-15-28(3,4)16-25(23)32(21-9-8-10-21)26(24)27-29-17-22(18-30-27)33-31-19(2)20-12-13-20/h14,16-21,31H,5-6,8-10,12-13,15H2,1-4H3/t19-/m0/s1. The minimum absolute atomic E-state index is 0.156. The highest BCUT2D eigenvalue weighted by molar-refractivity contribution is 7.97. The van der Waals surface area contributed by atoms with Gasteiger partial charge in [-0.1, -0.05) is 44.8 Å². The van der Waals surface area contributed by atoms with Gasteiger partial charge in [0, 0.05) is 41.5 Å². The normalized spacial score (nSPS) is 20.0. The fourth-order valence-corrected chi connectivity index (χ4v) is 5.49. The fourth-order valence-electron chi connectivity index (χ4n) is 4.77. The van der Waals surface area contributed by atoms with Crippen molar-refractivity contribution in [3.05, 3.63) is 28.5 Å². The second-order valence-electron chi connectivity index (χ2n) is 10.7. The maximum atomic E-state index is 4.87. The Bertz CT molecular complexity index is 1190. The third-order valence-electron chi connectivity index (χ3n) is 7.20. The summed E-state index contributed by atoms with van der Waals surface area (Å²) < 4.78 is 6.09. The van der Waals surface area contributed by atoms with Crippen LogP contribution < -0.4 is 15.3 Å². The molecule has 0 radical (unpaired) electrons. The molecule has 0 saturated heterocycles. The Morgan fingerprint density at radius 2 is 1.97 bits per heavy atom. The Morgan fingerprint density at radius 3 is 2.61 bits per heavy atom. The molecule has 5 heteroatoms. The quantitative estimate of drug-likeness (QED) is 0.455. The van der Waals surface area contributed by atoms with Crippen molar-refractivity contribution in [3.63, 3.8) is 0 Å². The van der Waals surface area contributed by atoms with Crippen LogP contribution in [0.15, 0.2) is 17.3 Å². The summed E-state index contributed by atoms with van der Waals surface area (Å²) >= 11 is 1.65. The van der Waals surface area contributed by atoms with Crippen molar-refractivity contribution in [1.82, 2.24) is 19.3 Å². The maximum absolute atomic E-state index is 4.87. The molecular weight excluding hydrogens is 424 g/mol. The van der Waals surface area contributed by atoms with E-state index in [2.05, 4.69) is 61.0 Å². The smallest absolute Gasteiger partial charge is 0.177 e. The van der Waals surface area contributed by atoms with Gasteiger partial charge >= 0.3 is 0 Å². The summed E-state index contributed by atoms with van der Waals surface area (Å²) in [5.41, 5.74) is 2.40. The van der Waals surface area contributed by atoms with Gasteiger partial charge in [-0.3, -0.25) is 4.72 Å². The zero-order chi connectivity index (χ0) is 23.0. The van der Waals surface area contributed by atoms with E-state index in [0.717, 1.165) is 47.2 Å². The lowest BCUT2D eigenvalue weighted by atomic mass is 9.85. The molecule has 2 saturated carbocycles. The van der Waals surface area contributed by atoms with E-state index in [-0.39, 0.29) is 5.41 Å². The average molecular weight is 461 g/mol. The third kappa shape index (κ3) is 4.79. The van der Waals surface area contributed by atoms with Gasteiger partial charge in [0.1, 0.15) is 5.69 Å². The summed E-state index contributed by atoms with van der Waals surface area (Å²) in [7, 11) is 0. The Labute approximate surface area is 202 Å². The molecule has 3 aliphatic carbocycles. The van der Waals surface area contributed by atoms with Crippen LogP contribution in [0.1, 0.15) is 90.7 Å². The predicted molar refractivity (Wildman–Crippen MR) is 138 cm³/mol. The number of nitrogens with one attached hydrogen (secondary N) is 1. The first kappa shape index (κ1) is 22.7. The fraction of sp³-hybridized carbons (Fsp3) is 0.571. The lowest BCUT2D eigenvalue weighted by Gasteiger charge is -2.30. The first-order valence-electron chi connectivity index (χ1n) is 12.7. The Hall–Kier alpha value is -2.03. The first-order chi connectivity index (χ1) is 16.0. The lowest BCUT2D eigenvalue weighted by Crippen LogP contribution is -2.38. The number of fused-ring (bicyclic) bond motifs is 1. The minimum Gasteiger partial charge on any atom is -0.334 e. The van der Waals surface area contributed by atoms with Crippen molar-refractivity contribution >= 4 is 24.1 Å². The molecule has 2 aromatic rings. The van der Waals surface area contributed by atoms with Crippen molar-refractivity contribution in [3.8, 4) is 23.4 Å². The van der Waals surface area contributed by atoms with Crippen molar-refractivity contribution in [2.45, 2.75) is 96.0 Å². The molecule has 1 atom stereocenters. The highest BCUT2D eigenvalue weighted by Gasteiger charge is 2.30. The highest BCUT2D eigenvalue weighted by Crippen LogP contribution is 2.36. The second kappa shape index (κ2) is 9.31. The van der Waals surface area contributed by atoms with Crippen molar-refractivity contribution in [2.75, 3.05) is 0 Å². The monoisotopic (exact) mass is 460 g/mol. The van der Waals surface area contributed by atoms with Crippen LogP contribution >= 0.6 is 11.9 Å². The Kier molecular flexibility index (Phi) is 6.42. The molecule has 0 aromatic carbocycles. The third-order valence-corrected chi connectivity index (χ3v) is 8.14. The van der Waals surface area contributed by atoms with Gasteiger partial charge in [-0.15, -0.1) is 0 Å². The topological polar surface area (TPSA) is 42.7 Å². The first-order valence-corrected chi connectivity index (χ1v) is 13.5. The number of unbranched alkanes of at least 4 members (excludes halogenated alkanes) is 1. The zero-order valence-corrected chi connectivity index (χ0v) is 21.3. The van der Waals surface area contributed by atoms with Crippen LogP contribution in [-0.2, 0) is 0 Å². The van der Waals surface area contributed by atoms with Crippen LogP contribution in [0.3, 0.4) is 0 Å². The van der Waals surface area contributed by atoms with E-state index in [9.17, 15) is 0 Å². The van der Waals surface area contributed by atoms with E-state index in [1.54, 1.807) is 11.9 Å². The molecule has 1 N–H and O–H groups in total. The van der Waals surface area contributed by atoms with Gasteiger partial charge in [-0.25, -0.2) is 9.97 Å². The summed E-state index contributed by atoms with van der Waals surface area (Å²) in [6.45, 7) is 9.10. The van der Waals surface area contributed by atoms with E-state index in [0.29, 0.717) is 12.1 Å². The molecule has 5 rings (SSSR count). The van der Waals surface area contributed by atoms with Crippen LogP contribution in [-0.4, -0.2) is 20.6 Å². The van der Waals surface area contributed by atoms with Crippen LogP contribution in [0.25, 0.3) is 23.7 Å². The minimum atomic E-state index is 0.156. The molecule has 3 aliphatic rings. The van der Waals surface area contributed by atoms with Crippen molar-refractivity contribution < 1.29 is 0 Å². The molecule has 0 bridgehead atoms. The van der Waals surface area contributed by atoms with Crippen LogP contribution in [0.5, 0.6) is 0 Å². The molecule has 33 heavy (non-hydrogen) atoms. The second-order valence-corrected chi connectivity index (χ2v) is 11.6. The molecule has 0 unspecified atom stereocenters. The summed E-state index contributed by atoms with van der Waals surface area (Å²) in [6.07, 6.45) is 18.3. The molecule has 174 valence electrons. The van der Waals surface area contributed by atoms with Gasteiger partial charge in [-0.05, 0) is 75.2 Å². The number of hydrogen-bond acceptors (Lipinski definition) is 4. The highest BCUT2D eigenvalue weighted by atomic mass is 32.2. The number of nitrogens with zero attached hydrogens (tertiary/aromatic N) is 3. The van der Waals surface area contributed by atoms with Gasteiger partial charge in [0.05, 0.1) is 10.5 Å². The molecule has 0 amide bonds. The average Bonchev–Trinajstić information content (AvgIpc) is 3.57. The van der Waals surface area contributed by atoms with E-state index in [4.69, 9.17) is 9.97 Å². The molecule has 2 heterocycles. The van der Waals surface area contributed by atoms with Crippen LogP contribution in [0, 0.1) is 23.2 Å². The van der Waals surface area contributed by atoms with E-state index in [1.807, 2.05) is 12.4 Å². The molecule has 2 fully saturated rings. The molecule has 4 nitrogen and oxygen atoms in total. The predicted octanol–water partition coefficient (Wildman–Crippen LogP) is 5.21.